The third-order valence-corrected chi connectivity index (χ3v) is 16.2. The third kappa shape index (κ3) is 4.36. The number of sulfonamides is 2. The van der Waals surface area contributed by atoms with Crippen LogP contribution >= 0.6 is 0 Å². The Morgan fingerprint density at radius 1 is 0.935 bits per heavy atom. The summed E-state index contributed by atoms with van der Waals surface area (Å²) >= 11 is 0. The van der Waals surface area contributed by atoms with Gasteiger partial charge in [0.15, 0.2) is 0 Å². The van der Waals surface area contributed by atoms with Crippen molar-refractivity contribution in [2.24, 2.45) is 0 Å². The Bertz CT molecular complexity index is 1960. The number of amides is 1. The summed E-state index contributed by atoms with van der Waals surface area (Å²) in [6, 6.07) is 11.7. The molecule has 2 saturated heterocycles. The predicted octanol–water partition coefficient (Wildman–Crippen LogP) is 6.03. The number of nitrogens with zero attached hydrogens (tertiary/aromatic N) is 2. The SMILES string of the molecule is COc1ccc2c(c1)C1CC1(S(=O)(=O)N1C3CCC1CC3)Cn1c-2c(C2CCCCC2)c2ccc(C(=O)NS(=O)(=O)C(C)C)cc21. The van der Waals surface area contributed by atoms with Crippen LogP contribution in [0.15, 0.2) is 36.4 Å². The molecular weight excluding hydrogens is 623 g/mol. The highest BCUT2D eigenvalue weighted by Crippen LogP contribution is 2.65. The zero-order valence-corrected chi connectivity index (χ0v) is 28.4. The molecule has 246 valence electrons. The minimum atomic E-state index is -3.83. The molecule has 3 aromatic rings. The van der Waals surface area contributed by atoms with Gasteiger partial charge in [0.1, 0.15) is 10.5 Å². The number of methoxy groups -OCH3 is 1. The topological polar surface area (TPSA) is 115 Å². The highest BCUT2D eigenvalue weighted by molar-refractivity contribution is 7.91. The van der Waals surface area contributed by atoms with Crippen molar-refractivity contribution in [1.82, 2.24) is 13.6 Å². The van der Waals surface area contributed by atoms with Crippen LogP contribution in [-0.2, 0) is 26.6 Å². The standard InChI is InChI=1S/C35H43N3O6S2/c1-21(2)45(40,41)36-34(39)23-9-15-28-31(17-23)37-20-35(46(42,43)38-24-10-11-25(38)13-12-24)19-30(35)29-18-26(44-3)14-16-27(29)33(37)32(28)22-7-5-4-6-8-22/h9,14-18,21-22,24-25,30H,4-8,10-13,19-20H2,1-3H3,(H,36,39). The van der Waals surface area contributed by atoms with Crippen LogP contribution in [0, 0.1) is 0 Å². The molecule has 9 nitrogen and oxygen atoms in total. The normalized spacial score (nSPS) is 27.7. The fraction of sp³-hybridized carbons (Fsp3) is 0.571. The van der Waals surface area contributed by atoms with Crippen LogP contribution < -0.4 is 9.46 Å². The van der Waals surface area contributed by atoms with E-state index in [-0.39, 0.29) is 23.6 Å². The lowest BCUT2D eigenvalue weighted by molar-refractivity contribution is 0.0981. The number of nitrogens with one attached hydrogen (secondary N) is 1. The molecule has 2 unspecified atom stereocenters. The molecule has 1 N–H and O–H groups in total. The van der Waals surface area contributed by atoms with Crippen LogP contribution in [0.1, 0.15) is 111 Å². The monoisotopic (exact) mass is 665 g/mol. The van der Waals surface area contributed by atoms with E-state index in [4.69, 9.17) is 4.74 Å². The predicted molar refractivity (Wildman–Crippen MR) is 178 cm³/mol. The summed E-state index contributed by atoms with van der Waals surface area (Å²) in [7, 11) is -5.86. The van der Waals surface area contributed by atoms with Crippen molar-refractivity contribution < 1.29 is 26.4 Å². The zero-order valence-electron chi connectivity index (χ0n) is 26.8. The van der Waals surface area contributed by atoms with Gasteiger partial charge in [-0.2, -0.15) is 4.31 Å². The molecule has 2 atom stereocenters. The van der Waals surface area contributed by atoms with Gasteiger partial charge < -0.3 is 9.30 Å². The van der Waals surface area contributed by atoms with Crippen molar-refractivity contribution in [2.75, 3.05) is 7.11 Å². The lowest BCUT2D eigenvalue weighted by Crippen LogP contribution is -2.45. The van der Waals surface area contributed by atoms with Gasteiger partial charge in [-0.25, -0.2) is 21.6 Å². The Morgan fingerprint density at radius 3 is 2.28 bits per heavy atom. The summed E-state index contributed by atoms with van der Waals surface area (Å²) in [5, 5.41) is 0.258. The molecule has 1 amide bonds. The van der Waals surface area contributed by atoms with Crippen LogP contribution in [0.25, 0.3) is 22.2 Å². The number of ether oxygens (including phenoxy) is 1. The van der Waals surface area contributed by atoms with Gasteiger partial charge in [-0.1, -0.05) is 25.3 Å². The van der Waals surface area contributed by atoms with Crippen molar-refractivity contribution in [3.63, 3.8) is 0 Å². The van der Waals surface area contributed by atoms with E-state index >= 15 is 0 Å². The van der Waals surface area contributed by atoms with E-state index in [0.717, 1.165) is 79.1 Å². The van der Waals surface area contributed by atoms with Gasteiger partial charge in [-0.05, 0) is 106 Å². The number of hydrogen-bond acceptors (Lipinski definition) is 6. The Balaban J connectivity index is 1.36. The average molecular weight is 666 g/mol. The first kappa shape index (κ1) is 30.4. The van der Waals surface area contributed by atoms with E-state index < -0.39 is 36.0 Å². The molecular formula is C35H43N3O6S2. The number of rotatable bonds is 7. The maximum atomic E-state index is 14.9. The average Bonchev–Trinajstić information content (AvgIpc) is 3.30. The first-order valence-electron chi connectivity index (χ1n) is 16.9. The number of benzene rings is 2. The summed E-state index contributed by atoms with van der Waals surface area (Å²) in [6.45, 7) is 3.36. The van der Waals surface area contributed by atoms with E-state index in [9.17, 15) is 21.6 Å². The van der Waals surface area contributed by atoms with Crippen molar-refractivity contribution in [3.8, 4) is 17.0 Å². The number of carbonyl (C=O) groups excluding carboxylic acids is 1. The summed E-state index contributed by atoms with van der Waals surface area (Å²) in [6.07, 6.45) is 9.83. The lowest BCUT2D eigenvalue weighted by atomic mass is 9.81. The molecule has 2 aromatic carbocycles. The quantitative estimate of drug-likeness (QED) is 0.330. The van der Waals surface area contributed by atoms with E-state index in [1.165, 1.54) is 25.8 Å². The number of hydrogen-bond donors (Lipinski definition) is 1. The van der Waals surface area contributed by atoms with E-state index in [2.05, 4.69) is 15.4 Å². The highest BCUT2D eigenvalue weighted by atomic mass is 32.2. The Hall–Kier alpha value is -2.89. The molecule has 2 aliphatic carbocycles. The number of carbonyl (C=O) groups is 1. The first-order valence-corrected chi connectivity index (χ1v) is 19.9. The van der Waals surface area contributed by atoms with Crippen LogP contribution in [0.2, 0.25) is 0 Å². The van der Waals surface area contributed by atoms with E-state index in [0.29, 0.717) is 24.6 Å². The molecule has 0 radical (unpaired) electrons. The van der Waals surface area contributed by atoms with Crippen molar-refractivity contribution in [1.29, 1.82) is 0 Å². The molecule has 1 aromatic heterocycles. The molecule has 46 heavy (non-hydrogen) atoms. The molecule has 5 aliphatic rings. The molecule has 0 spiro atoms. The van der Waals surface area contributed by atoms with Crippen LogP contribution in [0.5, 0.6) is 5.75 Å². The number of aromatic nitrogens is 1. The minimum Gasteiger partial charge on any atom is -0.497 e. The highest BCUT2D eigenvalue weighted by Gasteiger charge is 2.69. The summed E-state index contributed by atoms with van der Waals surface area (Å²) < 4.78 is 66.1. The lowest BCUT2D eigenvalue weighted by Gasteiger charge is -2.29. The maximum Gasteiger partial charge on any atom is 0.264 e. The van der Waals surface area contributed by atoms with Crippen molar-refractivity contribution in [2.45, 2.75) is 119 Å². The second-order valence-electron chi connectivity index (χ2n) is 14.5. The van der Waals surface area contributed by atoms with Gasteiger partial charge in [0.2, 0.25) is 20.0 Å². The largest absolute Gasteiger partial charge is 0.497 e. The summed E-state index contributed by atoms with van der Waals surface area (Å²) in [4.78, 5) is 13.4. The molecule has 8 rings (SSSR count). The Morgan fingerprint density at radius 2 is 1.63 bits per heavy atom. The summed E-state index contributed by atoms with van der Waals surface area (Å²) in [5.74, 6) is 0.177. The Kier molecular flexibility index (Phi) is 6.99. The van der Waals surface area contributed by atoms with E-state index in [1.807, 2.05) is 22.5 Å². The van der Waals surface area contributed by atoms with Gasteiger partial charge >= 0.3 is 0 Å². The van der Waals surface area contributed by atoms with Crippen LogP contribution in [0.4, 0.5) is 0 Å². The van der Waals surface area contributed by atoms with E-state index in [1.54, 1.807) is 19.2 Å². The minimum absolute atomic E-state index is 0.0792. The van der Waals surface area contributed by atoms with Crippen LogP contribution in [0.3, 0.4) is 0 Å². The van der Waals surface area contributed by atoms with Gasteiger partial charge in [-0.3, -0.25) is 4.79 Å². The second-order valence-corrected chi connectivity index (χ2v) is 18.9. The molecule has 3 aliphatic heterocycles. The molecule has 4 fully saturated rings. The smallest absolute Gasteiger partial charge is 0.264 e. The fourth-order valence-electron chi connectivity index (χ4n) is 9.21. The maximum absolute atomic E-state index is 14.9. The third-order valence-electron chi connectivity index (χ3n) is 11.8. The van der Waals surface area contributed by atoms with Gasteiger partial charge in [0.25, 0.3) is 5.91 Å². The fourth-order valence-corrected chi connectivity index (χ4v) is 12.6. The zero-order chi connectivity index (χ0) is 32.2. The summed E-state index contributed by atoms with van der Waals surface area (Å²) in [5.41, 5.74) is 5.35. The van der Waals surface area contributed by atoms with Crippen LogP contribution in [-0.4, -0.2) is 60.8 Å². The number of fused-ring (bicyclic) bond motifs is 9. The molecule has 11 heteroatoms. The Labute approximate surface area is 271 Å². The molecule has 2 saturated carbocycles. The second kappa shape index (κ2) is 10.6. The van der Waals surface area contributed by atoms with Crippen molar-refractivity contribution >= 4 is 36.9 Å². The first-order chi connectivity index (χ1) is 22.0. The van der Waals surface area contributed by atoms with Gasteiger partial charge in [0.05, 0.1) is 18.1 Å². The van der Waals surface area contributed by atoms with Gasteiger partial charge in [-0.15, -0.1) is 0 Å². The molecule has 2 bridgehead atoms. The van der Waals surface area contributed by atoms with Crippen molar-refractivity contribution in [3.05, 3.63) is 53.1 Å². The molecule has 4 heterocycles. The van der Waals surface area contributed by atoms with Gasteiger partial charge in [0, 0.05) is 46.6 Å².